The van der Waals surface area contributed by atoms with Crippen LogP contribution in [-0.2, 0) is 20.3 Å². The van der Waals surface area contributed by atoms with E-state index in [2.05, 4.69) is 0 Å². The van der Waals surface area contributed by atoms with E-state index in [9.17, 15) is 32.8 Å². The second kappa shape index (κ2) is 7.70. The monoisotopic (exact) mass is 421 g/mol. The number of rotatable bonds is 2. The number of hydrogen-bond donors (Lipinski definition) is 0. The summed E-state index contributed by atoms with van der Waals surface area (Å²) in [6, 6.07) is 6.40. The highest BCUT2D eigenvalue weighted by atomic mass is 19.4. The normalized spacial score (nSPS) is 14.5. The van der Waals surface area contributed by atoms with Crippen LogP contribution < -0.4 is 16.1 Å². The molecule has 0 aliphatic carbocycles. The largest absolute Gasteiger partial charge is 0.417 e. The van der Waals surface area contributed by atoms with Gasteiger partial charge in [0.1, 0.15) is 11.9 Å². The minimum Gasteiger partial charge on any atom is -0.353 e. The third-order valence-corrected chi connectivity index (χ3v) is 5.07. The van der Waals surface area contributed by atoms with Crippen molar-refractivity contribution in [1.29, 1.82) is 5.26 Å². The quantitative estimate of drug-likeness (QED) is 0.720. The molecule has 1 aliphatic heterocycles. The van der Waals surface area contributed by atoms with Crippen molar-refractivity contribution in [3.63, 3.8) is 0 Å². The molecular weight excluding hydrogens is 403 g/mol. The number of halogens is 3. The number of carbonyl (C=O) groups is 1. The Kier molecular flexibility index (Phi) is 5.43. The molecule has 1 amide bonds. The fraction of sp³-hybridized carbons (Fsp3) is 0.368. The van der Waals surface area contributed by atoms with Gasteiger partial charge in [0.15, 0.2) is 5.56 Å². The number of alkyl halides is 3. The third-order valence-electron chi connectivity index (χ3n) is 5.07. The Bertz CT molecular complexity index is 1150. The third kappa shape index (κ3) is 3.56. The number of benzene rings is 1. The Morgan fingerprint density at radius 2 is 1.63 bits per heavy atom. The molecule has 2 aromatic rings. The zero-order valence-corrected chi connectivity index (χ0v) is 16.2. The maximum Gasteiger partial charge on any atom is 0.417 e. The van der Waals surface area contributed by atoms with E-state index in [0.717, 1.165) is 16.7 Å². The maximum atomic E-state index is 13.2. The van der Waals surface area contributed by atoms with E-state index in [1.165, 1.54) is 35.7 Å². The molecule has 8 nitrogen and oxygen atoms in total. The number of carbonyl (C=O) groups excluding carboxylic acids is 1. The van der Waals surface area contributed by atoms with E-state index in [-0.39, 0.29) is 37.6 Å². The molecule has 0 bridgehead atoms. The van der Waals surface area contributed by atoms with Crippen molar-refractivity contribution in [3.8, 4) is 6.07 Å². The SMILES string of the molecule is Cn1c(N2CCN(C(=O)c3ccccc3C(F)(F)F)CC2)c(C#N)c(=O)n(C)c1=O. The van der Waals surface area contributed by atoms with Crippen LogP contribution in [0.1, 0.15) is 21.5 Å². The zero-order chi connectivity index (χ0) is 22.2. The van der Waals surface area contributed by atoms with Crippen LogP contribution in [0.15, 0.2) is 33.9 Å². The average molecular weight is 421 g/mol. The molecule has 11 heteroatoms. The number of anilines is 1. The highest BCUT2D eigenvalue weighted by molar-refractivity contribution is 5.96. The highest BCUT2D eigenvalue weighted by Gasteiger charge is 2.36. The van der Waals surface area contributed by atoms with Crippen molar-refractivity contribution in [2.24, 2.45) is 14.1 Å². The van der Waals surface area contributed by atoms with Gasteiger partial charge in [-0.3, -0.25) is 18.7 Å². The second-order valence-electron chi connectivity index (χ2n) is 6.84. The van der Waals surface area contributed by atoms with Crippen molar-refractivity contribution >= 4 is 11.7 Å². The van der Waals surface area contributed by atoms with Gasteiger partial charge in [-0.25, -0.2) is 4.79 Å². The molecule has 158 valence electrons. The lowest BCUT2D eigenvalue weighted by molar-refractivity contribution is -0.138. The maximum absolute atomic E-state index is 13.2. The van der Waals surface area contributed by atoms with Crippen molar-refractivity contribution < 1.29 is 18.0 Å². The van der Waals surface area contributed by atoms with Crippen LogP contribution in [0.25, 0.3) is 0 Å². The van der Waals surface area contributed by atoms with Gasteiger partial charge in [0.25, 0.3) is 11.5 Å². The summed E-state index contributed by atoms with van der Waals surface area (Å²) in [6.45, 7) is 0.433. The Morgan fingerprint density at radius 3 is 2.20 bits per heavy atom. The molecule has 0 radical (unpaired) electrons. The summed E-state index contributed by atoms with van der Waals surface area (Å²) in [4.78, 5) is 40.1. The Balaban J connectivity index is 1.87. The smallest absolute Gasteiger partial charge is 0.353 e. The summed E-state index contributed by atoms with van der Waals surface area (Å²) in [5, 5.41) is 9.39. The number of aromatic nitrogens is 2. The summed E-state index contributed by atoms with van der Waals surface area (Å²) < 4.78 is 41.7. The molecule has 1 saturated heterocycles. The molecule has 3 rings (SSSR count). The Morgan fingerprint density at radius 1 is 1.03 bits per heavy atom. The molecule has 2 heterocycles. The van der Waals surface area contributed by atoms with Gasteiger partial charge in [-0.15, -0.1) is 0 Å². The topological polar surface area (TPSA) is 91.3 Å². The number of piperazine rings is 1. The fourth-order valence-corrected chi connectivity index (χ4v) is 3.51. The molecule has 0 spiro atoms. The number of amides is 1. The standard InChI is InChI=1S/C19H18F3N5O3/c1-24-15(13(11-23)16(28)25(2)18(24)30)26-7-9-27(10-8-26)17(29)12-5-3-4-6-14(12)19(20,21)22/h3-6H,7-10H2,1-2H3. The summed E-state index contributed by atoms with van der Waals surface area (Å²) in [5.74, 6) is -0.616. The van der Waals surface area contributed by atoms with E-state index in [4.69, 9.17) is 0 Å². The first kappa shape index (κ1) is 21.2. The molecule has 0 unspecified atom stereocenters. The van der Waals surface area contributed by atoms with Crippen molar-refractivity contribution in [2.75, 3.05) is 31.1 Å². The van der Waals surface area contributed by atoms with Crippen LogP contribution >= 0.6 is 0 Å². The van der Waals surface area contributed by atoms with Gasteiger partial charge in [-0.2, -0.15) is 18.4 Å². The predicted octanol–water partition coefficient (Wildman–Crippen LogP) is 0.937. The average Bonchev–Trinajstić information content (AvgIpc) is 2.73. The molecule has 0 atom stereocenters. The van der Waals surface area contributed by atoms with Gasteiger partial charge >= 0.3 is 11.9 Å². The summed E-state index contributed by atoms with van der Waals surface area (Å²) in [6.07, 6.45) is -4.65. The fourth-order valence-electron chi connectivity index (χ4n) is 3.51. The van der Waals surface area contributed by atoms with Crippen molar-refractivity contribution in [3.05, 3.63) is 61.8 Å². The van der Waals surface area contributed by atoms with Gasteiger partial charge in [-0.05, 0) is 12.1 Å². The van der Waals surface area contributed by atoms with Crippen LogP contribution in [0.5, 0.6) is 0 Å². The summed E-state index contributed by atoms with van der Waals surface area (Å²) in [5.41, 5.74) is -2.98. The van der Waals surface area contributed by atoms with Gasteiger partial charge in [0, 0.05) is 40.3 Å². The number of nitrogens with zero attached hydrogens (tertiary/aromatic N) is 5. The summed E-state index contributed by atoms with van der Waals surface area (Å²) >= 11 is 0. The molecule has 1 fully saturated rings. The molecule has 1 aromatic carbocycles. The first-order valence-corrected chi connectivity index (χ1v) is 8.98. The summed E-state index contributed by atoms with van der Waals surface area (Å²) in [7, 11) is 2.69. The second-order valence-corrected chi connectivity index (χ2v) is 6.84. The van der Waals surface area contributed by atoms with Gasteiger partial charge < -0.3 is 9.80 Å². The van der Waals surface area contributed by atoms with Crippen molar-refractivity contribution in [1.82, 2.24) is 14.0 Å². The number of hydrogen-bond acceptors (Lipinski definition) is 5. The molecule has 0 saturated carbocycles. The van der Waals surface area contributed by atoms with E-state index < -0.39 is 34.5 Å². The van der Waals surface area contributed by atoms with E-state index >= 15 is 0 Å². The molecular formula is C19H18F3N5O3. The Hall–Kier alpha value is -3.55. The lowest BCUT2D eigenvalue weighted by Crippen LogP contribution is -2.51. The van der Waals surface area contributed by atoms with Gasteiger partial charge in [0.2, 0.25) is 0 Å². The van der Waals surface area contributed by atoms with Crippen LogP contribution in [0.4, 0.5) is 19.0 Å². The lowest BCUT2D eigenvalue weighted by Gasteiger charge is -2.37. The molecule has 1 aromatic heterocycles. The lowest BCUT2D eigenvalue weighted by atomic mass is 10.1. The first-order valence-electron chi connectivity index (χ1n) is 8.98. The minimum atomic E-state index is -4.65. The van der Waals surface area contributed by atoms with E-state index in [1.54, 1.807) is 4.90 Å². The Labute approximate surface area is 169 Å². The van der Waals surface area contributed by atoms with Crippen molar-refractivity contribution in [2.45, 2.75) is 6.18 Å². The first-order chi connectivity index (χ1) is 14.1. The van der Waals surface area contributed by atoms with Gasteiger partial charge in [0.05, 0.1) is 11.1 Å². The van der Waals surface area contributed by atoms with Crippen LogP contribution in [-0.4, -0.2) is 46.1 Å². The van der Waals surface area contributed by atoms with Crippen LogP contribution in [0.3, 0.4) is 0 Å². The van der Waals surface area contributed by atoms with Crippen LogP contribution in [0, 0.1) is 11.3 Å². The van der Waals surface area contributed by atoms with E-state index in [0.29, 0.717) is 0 Å². The highest BCUT2D eigenvalue weighted by Crippen LogP contribution is 2.32. The molecule has 0 N–H and O–H groups in total. The number of nitriles is 1. The van der Waals surface area contributed by atoms with Gasteiger partial charge in [-0.1, -0.05) is 12.1 Å². The van der Waals surface area contributed by atoms with Crippen LogP contribution in [0.2, 0.25) is 0 Å². The zero-order valence-electron chi connectivity index (χ0n) is 16.2. The predicted molar refractivity (Wildman–Crippen MR) is 101 cm³/mol. The molecule has 30 heavy (non-hydrogen) atoms. The molecule has 1 aliphatic rings. The minimum absolute atomic E-state index is 0.0687. The van der Waals surface area contributed by atoms with E-state index in [1.807, 2.05) is 6.07 Å².